The van der Waals surface area contributed by atoms with Crippen LogP contribution >= 0.6 is 0 Å². The summed E-state index contributed by atoms with van der Waals surface area (Å²) in [6, 6.07) is 20.4. The molecule has 46 heavy (non-hydrogen) atoms. The number of phenols is 3. The fraction of sp³-hybridized carbons (Fsp3) is 0.463. The molecule has 0 aliphatic carbocycles. The van der Waals surface area contributed by atoms with Gasteiger partial charge in [0.2, 0.25) is 0 Å². The molecule has 1 aliphatic rings. The molecule has 1 fully saturated rings. The highest BCUT2D eigenvalue weighted by Crippen LogP contribution is 2.52. The lowest BCUT2D eigenvalue weighted by atomic mass is 9.79. The Kier molecular flexibility index (Phi) is 8.11. The summed E-state index contributed by atoms with van der Waals surface area (Å²) < 4.78 is 0. The second-order valence-electron chi connectivity index (χ2n) is 17.3. The van der Waals surface area contributed by atoms with E-state index in [0.717, 1.165) is 50.0 Å². The van der Waals surface area contributed by atoms with Crippen molar-refractivity contribution in [2.45, 2.75) is 111 Å². The van der Waals surface area contributed by atoms with Crippen LogP contribution in [0, 0.1) is 0 Å². The Bertz CT molecular complexity index is 1690. The highest BCUT2D eigenvalue weighted by Gasteiger charge is 2.41. The Morgan fingerprint density at radius 3 is 1.39 bits per heavy atom. The summed E-state index contributed by atoms with van der Waals surface area (Å²) in [5.41, 5.74) is 5.39. The summed E-state index contributed by atoms with van der Waals surface area (Å²) >= 11 is 0. The van der Waals surface area contributed by atoms with E-state index >= 15 is 0 Å². The Morgan fingerprint density at radius 2 is 0.978 bits per heavy atom. The standard InChI is InChI=1S/C41H54N2O3/c1-38(2,3)26-21-29(40(7,8)9)35(45)31(23-26)42-19-20-43(37(42)34-28-16-14-13-15-25(28)17-18-33(34)44)32-24-27(39(4,5)6)22-30(36(32)46)41(10,11)12/h13-18,21-24,37,44-46H,19-20H2,1-12H3. The minimum atomic E-state index is -0.506. The van der Waals surface area contributed by atoms with Crippen molar-refractivity contribution in [2.75, 3.05) is 22.9 Å². The number of benzene rings is 4. The quantitative estimate of drug-likeness (QED) is 0.212. The summed E-state index contributed by atoms with van der Waals surface area (Å²) in [4.78, 5) is 4.45. The molecule has 246 valence electrons. The molecule has 0 radical (unpaired) electrons. The lowest BCUT2D eigenvalue weighted by Crippen LogP contribution is -2.32. The molecule has 0 spiro atoms. The minimum Gasteiger partial charge on any atom is -0.507 e. The van der Waals surface area contributed by atoms with Crippen molar-refractivity contribution in [1.82, 2.24) is 0 Å². The normalized spacial score (nSPS) is 15.3. The lowest BCUT2D eigenvalue weighted by Gasteiger charge is -2.38. The molecule has 5 rings (SSSR count). The predicted octanol–water partition coefficient (Wildman–Crippen LogP) is 10.2. The van der Waals surface area contributed by atoms with Gasteiger partial charge >= 0.3 is 0 Å². The zero-order valence-electron chi connectivity index (χ0n) is 30.0. The first-order valence-corrected chi connectivity index (χ1v) is 16.6. The molecule has 1 aliphatic heterocycles. The summed E-state index contributed by atoms with van der Waals surface area (Å²) in [7, 11) is 0. The molecule has 1 heterocycles. The summed E-state index contributed by atoms with van der Waals surface area (Å²) in [6.07, 6.45) is -0.506. The second kappa shape index (κ2) is 11.1. The van der Waals surface area contributed by atoms with Crippen LogP contribution in [-0.2, 0) is 21.7 Å². The predicted molar refractivity (Wildman–Crippen MR) is 194 cm³/mol. The van der Waals surface area contributed by atoms with E-state index in [4.69, 9.17) is 0 Å². The minimum absolute atomic E-state index is 0.153. The highest BCUT2D eigenvalue weighted by atomic mass is 16.3. The monoisotopic (exact) mass is 622 g/mol. The summed E-state index contributed by atoms with van der Waals surface area (Å²) in [5, 5.41) is 37.8. The highest BCUT2D eigenvalue weighted by molar-refractivity contribution is 5.90. The van der Waals surface area contributed by atoms with E-state index in [1.807, 2.05) is 18.2 Å². The van der Waals surface area contributed by atoms with Crippen LogP contribution in [0.4, 0.5) is 11.4 Å². The average Bonchev–Trinajstić information content (AvgIpc) is 3.34. The molecule has 0 amide bonds. The molecule has 5 nitrogen and oxygen atoms in total. The number of fused-ring (bicyclic) bond motifs is 1. The van der Waals surface area contributed by atoms with E-state index in [1.54, 1.807) is 6.07 Å². The average molecular weight is 623 g/mol. The van der Waals surface area contributed by atoms with Crippen LogP contribution in [0.25, 0.3) is 10.8 Å². The Hall–Kier alpha value is -3.86. The van der Waals surface area contributed by atoms with Gasteiger partial charge in [0.1, 0.15) is 23.4 Å². The van der Waals surface area contributed by atoms with Crippen LogP contribution in [0.3, 0.4) is 0 Å². The molecule has 1 saturated heterocycles. The van der Waals surface area contributed by atoms with Crippen molar-refractivity contribution < 1.29 is 15.3 Å². The fourth-order valence-corrected chi connectivity index (χ4v) is 6.69. The maximum atomic E-state index is 12.1. The third kappa shape index (κ3) is 6.01. The molecule has 4 aromatic rings. The molecule has 0 unspecified atom stereocenters. The van der Waals surface area contributed by atoms with Crippen LogP contribution < -0.4 is 9.80 Å². The molecule has 0 aromatic heterocycles. The van der Waals surface area contributed by atoms with Crippen LogP contribution in [-0.4, -0.2) is 28.4 Å². The third-order valence-corrected chi connectivity index (χ3v) is 9.52. The van der Waals surface area contributed by atoms with Crippen LogP contribution in [0.5, 0.6) is 17.2 Å². The second-order valence-corrected chi connectivity index (χ2v) is 17.3. The van der Waals surface area contributed by atoms with E-state index < -0.39 is 6.17 Å². The lowest BCUT2D eigenvalue weighted by molar-refractivity contribution is 0.438. The molecule has 0 atom stereocenters. The van der Waals surface area contributed by atoms with Gasteiger partial charge in [-0.1, -0.05) is 126 Å². The van der Waals surface area contributed by atoms with E-state index in [9.17, 15) is 15.3 Å². The number of hydrogen-bond acceptors (Lipinski definition) is 5. The first kappa shape index (κ1) is 33.5. The molecular formula is C41H54N2O3. The summed E-state index contributed by atoms with van der Waals surface area (Å²) in [6.45, 7) is 27.2. The van der Waals surface area contributed by atoms with E-state index in [2.05, 4.69) is 129 Å². The Balaban J connectivity index is 1.86. The zero-order valence-corrected chi connectivity index (χ0v) is 30.0. The molecule has 0 saturated carbocycles. The number of anilines is 2. The number of rotatable bonds is 3. The number of aromatic hydroxyl groups is 3. The fourth-order valence-electron chi connectivity index (χ4n) is 6.69. The smallest absolute Gasteiger partial charge is 0.142 e. The number of nitrogens with zero attached hydrogens (tertiary/aromatic N) is 2. The molecule has 5 heteroatoms. The molecular weight excluding hydrogens is 568 g/mol. The van der Waals surface area contributed by atoms with Gasteiger partial charge in [0, 0.05) is 29.8 Å². The van der Waals surface area contributed by atoms with Crippen LogP contribution in [0.15, 0.2) is 60.7 Å². The van der Waals surface area contributed by atoms with E-state index in [-0.39, 0.29) is 38.9 Å². The van der Waals surface area contributed by atoms with Crippen LogP contribution in [0.2, 0.25) is 0 Å². The number of phenolic OH excluding ortho intramolecular Hbond substituents is 3. The van der Waals surface area contributed by atoms with Gasteiger partial charge in [0.25, 0.3) is 0 Å². The van der Waals surface area contributed by atoms with E-state index in [1.165, 1.54) is 0 Å². The van der Waals surface area contributed by atoms with Crippen molar-refractivity contribution in [1.29, 1.82) is 0 Å². The van der Waals surface area contributed by atoms with Gasteiger partial charge in [-0.2, -0.15) is 0 Å². The van der Waals surface area contributed by atoms with Gasteiger partial charge in [-0.15, -0.1) is 0 Å². The SMILES string of the molecule is CC(C)(C)c1cc(N2CCN(c3cc(C(C)(C)C)cc(C(C)(C)C)c3O)C2c2c(O)ccc3ccccc23)c(O)c(C(C)(C)C)c1. The van der Waals surface area contributed by atoms with Crippen molar-refractivity contribution in [3.05, 3.63) is 88.5 Å². The van der Waals surface area contributed by atoms with Gasteiger partial charge in [-0.05, 0) is 61.8 Å². The topological polar surface area (TPSA) is 67.2 Å². The number of hydrogen-bond donors (Lipinski definition) is 3. The van der Waals surface area contributed by atoms with Crippen molar-refractivity contribution in [3.63, 3.8) is 0 Å². The third-order valence-electron chi connectivity index (χ3n) is 9.52. The van der Waals surface area contributed by atoms with Gasteiger partial charge in [0.15, 0.2) is 0 Å². The first-order valence-electron chi connectivity index (χ1n) is 16.6. The molecule has 4 aromatic carbocycles. The van der Waals surface area contributed by atoms with Gasteiger partial charge in [0.05, 0.1) is 11.4 Å². The van der Waals surface area contributed by atoms with Crippen LogP contribution in [0.1, 0.15) is 117 Å². The van der Waals surface area contributed by atoms with Crippen molar-refractivity contribution in [2.24, 2.45) is 0 Å². The van der Waals surface area contributed by atoms with E-state index in [0.29, 0.717) is 13.1 Å². The van der Waals surface area contributed by atoms with Crippen molar-refractivity contribution in [3.8, 4) is 17.2 Å². The van der Waals surface area contributed by atoms with Gasteiger partial charge < -0.3 is 25.1 Å². The zero-order chi connectivity index (χ0) is 34.1. The van der Waals surface area contributed by atoms with Gasteiger partial charge in [-0.3, -0.25) is 0 Å². The first-order chi connectivity index (χ1) is 21.1. The maximum Gasteiger partial charge on any atom is 0.142 e. The van der Waals surface area contributed by atoms with Gasteiger partial charge in [-0.25, -0.2) is 0 Å². The molecule has 0 bridgehead atoms. The molecule has 3 N–H and O–H groups in total. The van der Waals surface area contributed by atoms with Crippen molar-refractivity contribution >= 4 is 22.1 Å². The Labute approximate surface area is 276 Å². The Morgan fingerprint density at radius 1 is 0.543 bits per heavy atom. The maximum absolute atomic E-state index is 12.1. The largest absolute Gasteiger partial charge is 0.507 e. The summed E-state index contributed by atoms with van der Waals surface area (Å²) in [5.74, 6) is 0.705.